The highest BCUT2D eigenvalue weighted by Gasteiger charge is 2.45. The molecule has 2 aromatic rings. The zero-order valence-electron chi connectivity index (χ0n) is 19.4. The van der Waals surface area contributed by atoms with Gasteiger partial charge in [-0.3, -0.25) is 4.79 Å². The Morgan fingerprint density at radius 1 is 1.06 bits per heavy atom. The predicted octanol–water partition coefficient (Wildman–Crippen LogP) is 4.63. The number of piperazine rings is 1. The van der Waals surface area contributed by atoms with Gasteiger partial charge in [-0.2, -0.15) is 13.2 Å². The van der Waals surface area contributed by atoms with Gasteiger partial charge in [0.2, 0.25) is 5.91 Å². The van der Waals surface area contributed by atoms with Crippen LogP contribution in [0.2, 0.25) is 0 Å². The van der Waals surface area contributed by atoms with Gasteiger partial charge in [-0.25, -0.2) is 4.39 Å². The monoisotopic (exact) mass is 494 g/mol. The summed E-state index contributed by atoms with van der Waals surface area (Å²) in [5.41, 5.74) is -1.14. The molecule has 190 valence electrons. The Kier molecular flexibility index (Phi) is 7.66. The van der Waals surface area contributed by atoms with Crippen LogP contribution < -0.4 is 10.1 Å². The van der Waals surface area contributed by atoms with Crippen LogP contribution in [0.1, 0.15) is 54.7 Å². The second-order valence-electron chi connectivity index (χ2n) is 9.35. The molecule has 0 bridgehead atoms. The first-order chi connectivity index (χ1) is 16.7. The number of rotatable bonds is 6. The average molecular weight is 495 g/mol. The largest absolute Gasteiger partial charge is 0.486 e. The zero-order chi connectivity index (χ0) is 25.1. The minimum absolute atomic E-state index is 0.0716. The van der Waals surface area contributed by atoms with Crippen molar-refractivity contribution in [2.75, 3.05) is 26.2 Å². The van der Waals surface area contributed by atoms with Crippen molar-refractivity contribution >= 4 is 5.91 Å². The van der Waals surface area contributed by atoms with Crippen molar-refractivity contribution in [2.24, 2.45) is 0 Å². The quantitative estimate of drug-likeness (QED) is 0.575. The number of aliphatic hydroxyl groups is 1. The van der Waals surface area contributed by atoms with Crippen molar-refractivity contribution < 1.29 is 32.2 Å². The van der Waals surface area contributed by atoms with Gasteiger partial charge in [0.25, 0.3) is 0 Å². The Morgan fingerprint density at radius 3 is 2.31 bits per heavy atom. The van der Waals surface area contributed by atoms with Gasteiger partial charge in [0.1, 0.15) is 6.61 Å². The molecule has 1 aliphatic heterocycles. The third kappa shape index (κ3) is 5.95. The summed E-state index contributed by atoms with van der Waals surface area (Å²) < 4.78 is 58.8. The topological polar surface area (TPSA) is 61.8 Å². The van der Waals surface area contributed by atoms with Crippen LogP contribution in [0.25, 0.3) is 0 Å². The average Bonchev–Trinajstić information content (AvgIpc) is 2.84. The van der Waals surface area contributed by atoms with E-state index in [0.29, 0.717) is 50.1 Å². The first-order valence-electron chi connectivity index (χ1n) is 12.0. The van der Waals surface area contributed by atoms with Crippen LogP contribution >= 0.6 is 0 Å². The van der Waals surface area contributed by atoms with Crippen LogP contribution in [-0.4, -0.2) is 47.7 Å². The fraction of sp³-hybridized carbons (Fsp3) is 0.500. The number of carbonyl (C=O) groups is 1. The van der Waals surface area contributed by atoms with Gasteiger partial charge in [-0.05, 0) is 48.2 Å². The first-order valence-corrected chi connectivity index (χ1v) is 12.0. The second-order valence-corrected chi connectivity index (χ2v) is 9.35. The third-order valence-electron chi connectivity index (χ3n) is 6.90. The normalized spacial score (nSPS) is 19.3. The maximum atomic E-state index is 15.0. The Bertz CT molecular complexity index is 1010. The summed E-state index contributed by atoms with van der Waals surface area (Å²) >= 11 is 0. The van der Waals surface area contributed by atoms with E-state index >= 15 is 4.39 Å². The Morgan fingerprint density at radius 2 is 1.71 bits per heavy atom. The summed E-state index contributed by atoms with van der Waals surface area (Å²) in [6.45, 7) is 2.29. The Hall–Kier alpha value is -2.65. The number of ether oxygens (including phenoxy) is 1. The molecule has 2 fully saturated rings. The van der Waals surface area contributed by atoms with Crippen molar-refractivity contribution in [3.63, 3.8) is 0 Å². The zero-order valence-corrected chi connectivity index (χ0v) is 19.4. The van der Waals surface area contributed by atoms with Crippen LogP contribution in [0.15, 0.2) is 42.5 Å². The summed E-state index contributed by atoms with van der Waals surface area (Å²) in [5.74, 6) is -1.84. The van der Waals surface area contributed by atoms with E-state index in [-0.39, 0.29) is 18.3 Å². The molecule has 4 rings (SSSR count). The first kappa shape index (κ1) is 25.4. The van der Waals surface area contributed by atoms with Gasteiger partial charge in [-0.1, -0.05) is 37.5 Å². The van der Waals surface area contributed by atoms with E-state index in [9.17, 15) is 23.1 Å². The van der Waals surface area contributed by atoms with E-state index in [1.165, 1.54) is 24.3 Å². The van der Waals surface area contributed by atoms with Crippen LogP contribution in [-0.2, 0) is 17.6 Å². The number of hydrogen-bond donors (Lipinski definition) is 2. The van der Waals surface area contributed by atoms with E-state index < -0.39 is 29.1 Å². The minimum atomic E-state index is -4.43. The highest BCUT2D eigenvalue weighted by molar-refractivity contribution is 5.85. The van der Waals surface area contributed by atoms with Crippen molar-refractivity contribution in [1.82, 2.24) is 10.2 Å². The Balaban J connectivity index is 1.53. The molecule has 2 aliphatic rings. The summed E-state index contributed by atoms with van der Waals surface area (Å²) in [5, 5.41) is 14.7. The molecule has 2 aromatic carbocycles. The molecule has 1 aliphatic carbocycles. The number of alkyl halides is 3. The Labute approximate surface area is 202 Å². The van der Waals surface area contributed by atoms with E-state index in [4.69, 9.17) is 4.74 Å². The molecule has 0 aromatic heterocycles. The molecule has 5 nitrogen and oxygen atoms in total. The number of carbonyl (C=O) groups excluding carboxylic acids is 1. The molecule has 1 amide bonds. The molecule has 1 saturated carbocycles. The van der Waals surface area contributed by atoms with E-state index in [2.05, 4.69) is 5.32 Å². The molecule has 0 spiro atoms. The molecule has 1 heterocycles. The van der Waals surface area contributed by atoms with Crippen LogP contribution in [0, 0.1) is 5.82 Å². The van der Waals surface area contributed by atoms with Crippen molar-refractivity contribution in [1.29, 1.82) is 0 Å². The summed E-state index contributed by atoms with van der Waals surface area (Å²) in [7, 11) is 0. The van der Waals surface area contributed by atoms with Crippen molar-refractivity contribution in [3.8, 4) is 5.75 Å². The number of nitrogens with zero attached hydrogens (tertiary/aromatic N) is 1. The highest BCUT2D eigenvalue weighted by atomic mass is 19.4. The summed E-state index contributed by atoms with van der Waals surface area (Å²) in [6.07, 6.45) is -0.881. The molecule has 35 heavy (non-hydrogen) atoms. The number of nitrogens with one attached hydrogen (secondary N) is 1. The lowest BCUT2D eigenvalue weighted by atomic mass is 9.72. The van der Waals surface area contributed by atoms with E-state index in [1.807, 2.05) is 0 Å². The van der Waals surface area contributed by atoms with Crippen LogP contribution in [0.4, 0.5) is 17.6 Å². The van der Waals surface area contributed by atoms with Crippen molar-refractivity contribution in [3.05, 3.63) is 65.0 Å². The molecule has 1 atom stereocenters. The summed E-state index contributed by atoms with van der Waals surface area (Å²) in [6, 6.07) is 8.73. The number of benzene rings is 2. The maximum absolute atomic E-state index is 15.0. The predicted molar refractivity (Wildman–Crippen MR) is 122 cm³/mol. The lowest BCUT2D eigenvalue weighted by molar-refractivity contribution is -0.142. The molecule has 2 N–H and O–H groups in total. The second kappa shape index (κ2) is 10.5. The fourth-order valence-electron chi connectivity index (χ4n) is 4.97. The van der Waals surface area contributed by atoms with Crippen LogP contribution in [0.5, 0.6) is 5.75 Å². The molecular weight excluding hydrogens is 464 g/mol. The SMILES string of the molecule is O=C(C(c1ccc(OCc2ccc(C(F)(F)F)cc2)c(F)c1)C1(O)CCCCC1)N1CCNCC1. The lowest BCUT2D eigenvalue weighted by Gasteiger charge is -2.41. The van der Waals surface area contributed by atoms with Gasteiger partial charge < -0.3 is 20.1 Å². The lowest BCUT2D eigenvalue weighted by Crippen LogP contribution is -2.53. The molecule has 1 saturated heterocycles. The van der Waals surface area contributed by atoms with E-state index in [1.54, 1.807) is 11.0 Å². The maximum Gasteiger partial charge on any atom is 0.416 e. The number of amides is 1. The van der Waals surface area contributed by atoms with Gasteiger partial charge in [0, 0.05) is 26.2 Å². The number of hydrogen-bond acceptors (Lipinski definition) is 4. The fourth-order valence-corrected chi connectivity index (χ4v) is 4.97. The standard InChI is InChI=1S/C26H30F4N2O3/c27-21-16-19(6-9-22(21)35-17-18-4-7-20(8-5-18)26(28,29)30)23(25(34)10-2-1-3-11-25)24(33)32-14-12-31-13-15-32/h4-9,16,23,31,34H,1-3,10-15,17H2. The third-order valence-corrected chi connectivity index (χ3v) is 6.90. The number of halogens is 4. The van der Waals surface area contributed by atoms with E-state index in [0.717, 1.165) is 31.4 Å². The van der Waals surface area contributed by atoms with Gasteiger partial charge in [0.15, 0.2) is 11.6 Å². The van der Waals surface area contributed by atoms with Gasteiger partial charge in [-0.15, -0.1) is 0 Å². The minimum Gasteiger partial charge on any atom is -0.486 e. The van der Waals surface area contributed by atoms with Crippen LogP contribution in [0.3, 0.4) is 0 Å². The highest BCUT2D eigenvalue weighted by Crippen LogP contribution is 2.42. The molecule has 0 radical (unpaired) electrons. The molecular formula is C26H30F4N2O3. The van der Waals surface area contributed by atoms with Gasteiger partial charge in [0.05, 0.1) is 17.1 Å². The van der Waals surface area contributed by atoms with Crippen molar-refractivity contribution in [2.45, 2.75) is 56.4 Å². The molecule has 9 heteroatoms. The van der Waals surface area contributed by atoms with Gasteiger partial charge >= 0.3 is 6.18 Å². The molecule has 1 unspecified atom stereocenters. The smallest absolute Gasteiger partial charge is 0.416 e. The summed E-state index contributed by atoms with van der Waals surface area (Å²) in [4.78, 5) is 15.2.